The van der Waals surface area contributed by atoms with Crippen LogP contribution >= 0.6 is 0 Å². The van der Waals surface area contributed by atoms with Crippen molar-refractivity contribution >= 4 is 11.6 Å². The quantitative estimate of drug-likeness (QED) is 0.444. The predicted molar refractivity (Wildman–Crippen MR) is 133 cm³/mol. The fraction of sp³-hybridized carbons (Fsp3) is 0.333. The van der Waals surface area contributed by atoms with Crippen molar-refractivity contribution < 1.29 is 14.3 Å². The standard InChI is InChI=1S/C27H33N3O3/c1-19(2)30(20(3)4)16-17-33-26-18-24(10-11-25(26)32-5)29-27(31)23-8-6-21(7-9-23)22-12-14-28-15-13-22/h6-15,18-20H,16-17H2,1-5H3,(H,29,31). The van der Waals surface area contributed by atoms with Gasteiger partial charge in [-0.1, -0.05) is 12.1 Å². The number of nitrogens with zero attached hydrogens (tertiary/aromatic N) is 2. The molecular weight excluding hydrogens is 414 g/mol. The number of anilines is 1. The number of benzene rings is 2. The van der Waals surface area contributed by atoms with Crippen LogP contribution in [0.1, 0.15) is 38.1 Å². The molecule has 0 saturated heterocycles. The Hall–Kier alpha value is -3.38. The number of pyridine rings is 1. The van der Waals surface area contributed by atoms with Crippen molar-refractivity contribution in [3.63, 3.8) is 0 Å². The smallest absolute Gasteiger partial charge is 0.255 e. The van der Waals surface area contributed by atoms with Gasteiger partial charge in [-0.3, -0.25) is 14.7 Å². The molecule has 33 heavy (non-hydrogen) atoms. The molecule has 1 amide bonds. The Balaban J connectivity index is 1.66. The number of hydrogen-bond acceptors (Lipinski definition) is 5. The monoisotopic (exact) mass is 447 g/mol. The lowest BCUT2D eigenvalue weighted by Crippen LogP contribution is -2.39. The number of ether oxygens (including phenoxy) is 2. The Bertz CT molecular complexity index is 1030. The molecule has 3 aromatic rings. The summed E-state index contributed by atoms with van der Waals surface area (Å²) in [5.41, 5.74) is 3.32. The van der Waals surface area contributed by atoms with E-state index in [2.05, 4.69) is 42.9 Å². The van der Waals surface area contributed by atoms with Gasteiger partial charge in [0.15, 0.2) is 11.5 Å². The molecule has 0 saturated carbocycles. The van der Waals surface area contributed by atoms with Crippen molar-refractivity contribution in [1.82, 2.24) is 9.88 Å². The number of methoxy groups -OCH3 is 1. The third-order valence-electron chi connectivity index (χ3n) is 5.52. The summed E-state index contributed by atoms with van der Waals surface area (Å²) < 4.78 is 11.5. The van der Waals surface area contributed by atoms with Crippen molar-refractivity contribution in [2.45, 2.75) is 39.8 Å². The van der Waals surface area contributed by atoms with Gasteiger partial charge in [0.25, 0.3) is 5.91 Å². The highest BCUT2D eigenvalue weighted by molar-refractivity contribution is 6.04. The molecule has 0 atom stereocenters. The van der Waals surface area contributed by atoms with E-state index in [0.29, 0.717) is 41.4 Å². The molecule has 174 valence electrons. The summed E-state index contributed by atoms with van der Waals surface area (Å²) >= 11 is 0. The molecule has 2 aromatic carbocycles. The van der Waals surface area contributed by atoms with Gasteiger partial charge in [0, 0.05) is 48.3 Å². The second-order valence-corrected chi connectivity index (χ2v) is 8.41. The number of hydrogen-bond donors (Lipinski definition) is 1. The summed E-state index contributed by atoms with van der Waals surface area (Å²) in [6, 6.07) is 17.7. The first kappa shape index (κ1) is 24.3. The lowest BCUT2D eigenvalue weighted by atomic mass is 10.0. The van der Waals surface area contributed by atoms with E-state index in [1.54, 1.807) is 31.6 Å². The molecule has 0 aliphatic rings. The van der Waals surface area contributed by atoms with Crippen molar-refractivity contribution in [3.05, 3.63) is 72.6 Å². The van der Waals surface area contributed by atoms with E-state index in [0.717, 1.165) is 17.7 Å². The number of rotatable bonds is 10. The van der Waals surface area contributed by atoms with Crippen LogP contribution in [0.25, 0.3) is 11.1 Å². The summed E-state index contributed by atoms with van der Waals surface area (Å²) in [5, 5.41) is 2.95. The second-order valence-electron chi connectivity index (χ2n) is 8.41. The fourth-order valence-electron chi connectivity index (χ4n) is 3.80. The van der Waals surface area contributed by atoms with Crippen LogP contribution < -0.4 is 14.8 Å². The van der Waals surface area contributed by atoms with Gasteiger partial charge in [-0.15, -0.1) is 0 Å². The number of carbonyl (C=O) groups is 1. The molecule has 6 heteroatoms. The average Bonchev–Trinajstić information content (AvgIpc) is 2.82. The zero-order valence-corrected chi connectivity index (χ0v) is 20.0. The molecule has 1 N–H and O–H groups in total. The van der Waals surface area contributed by atoms with Crippen LogP contribution in [0.2, 0.25) is 0 Å². The molecule has 3 rings (SSSR count). The minimum atomic E-state index is -0.182. The molecule has 0 bridgehead atoms. The maximum absolute atomic E-state index is 12.8. The first-order valence-electron chi connectivity index (χ1n) is 11.3. The summed E-state index contributed by atoms with van der Waals surface area (Å²) in [5.74, 6) is 1.06. The number of amides is 1. The highest BCUT2D eigenvalue weighted by atomic mass is 16.5. The van der Waals surface area contributed by atoms with Crippen LogP contribution in [-0.4, -0.2) is 48.1 Å². The molecule has 0 radical (unpaired) electrons. The first-order chi connectivity index (χ1) is 15.9. The summed E-state index contributed by atoms with van der Waals surface area (Å²) in [4.78, 5) is 19.2. The molecule has 6 nitrogen and oxygen atoms in total. The van der Waals surface area contributed by atoms with E-state index >= 15 is 0 Å². The first-order valence-corrected chi connectivity index (χ1v) is 11.3. The molecular formula is C27H33N3O3. The minimum absolute atomic E-state index is 0.182. The van der Waals surface area contributed by atoms with E-state index < -0.39 is 0 Å². The van der Waals surface area contributed by atoms with E-state index in [1.165, 1.54) is 0 Å². The van der Waals surface area contributed by atoms with Gasteiger partial charge >= 0.3 is 0 Å². The van der Waals surface area contributed by atoms with Crippen molar-refractivity contribution in [3.8, 4) is 22.6 Å². The third-order valence-corrected chi connectivity index (χ3v) is 5.52. The van der Waals surface area contributed by atoms with E-state index in [9.17, 15) is 4.79 Å². The number of carbonyl (C=O) groups excluding carboxylic acids is 1. The van der Waals surface area contributed by atoms with E-state index in [4.69, 9.17) is 9.47 Å². The van der Waals surface area contributed by atoms with Crippen LogP contribution in [0, 0.1) is 0 Å². The lowest BCUT2D eigenvalue weighted by molar-refractivity contribution is 0.102. The summed E-state index contributed by atoms with van der Waals surface area (Å²) in [6.07, 6.45) is 3.50. The Morgan fingerprint density at radius 3 is 2.15 bits per heavy atom. The van der Waals surface area contributed by atoms with Gasteiger partial charge in [0.05, 0.1) is 7.11 Å². The normalized spacial score (nSPS) is 11.2. The van der Waals surface area contributed by atoms with Crippen LogP contribution in [0.4, 0.5) is 5.69 Å². The van der Waals surface area contributed by atoms with Gasteiger partial charge in [-0.2, -0.15) is 0 Å². The lowest BCUT2D eigenvalue weighted by Gasteiger charge is -2.30. The van der Waals surface area contributed by atoms with Gasteiger partial charge in [-0.25, -0.2) is 0 Å². The fourth-order valence-corrected chi connectivity index (χ4v) is 3.80. The van der Waals surface area contributed by atoms with Crippen LogP contribution in [0.15, 0.2) is 67.0 Å². The summed E-state index contributed by atoms with van der Waals surface area (Å²) in [6.45, 7) is 10.1. The van der Waals surface area contributed by atoms with Gasteiger partial charge in [0.1, 0.15) is 6.61 Å². The van der Waals surface area contributed by atoms with Gasteiger partial charge in [0.2, 0.25) is 0 Å². The SMILES string of the molecule is COc1ccc(NC(=O)c2ccc(-c3ccncc3)cc2)cc1OCCN(C(C)C)C(C)C. The van der Waals surface area contributed by atoms with Gasteiger partial charge < -0.3 is 14.8 Å². The van der Waals surface area contributed by atoms with Crippen LogP contribution in [0.5, 0.6) is 11.5 Å². The molecule has 0 fully saturated rings. The minimum Gasteiger partial charge on any atom is -0.493 e. The third kappa shape index (κ3) is 6.56. The maximum Gasteiger partial charge on any atom is 0.255 e. The Morgan fingerprint density at radius 2 is 1.55 bits per heavy atom. The zero-order valence-electron chi connectivity index (χ0n) is 20.0. The Kier molecular flexibility index (Phi) is 8.44. The van der Waals surface area contributed by atoms with Crippen molar-refractivity contribution in [2.24, 2.45) is 0 Å². The highest BCUT2D eigenvalue weighted by Gasteiger charge is 2.14. The Labute approximate surface area is 196 Å². The van der Waals surface area contributed by atoms with Crippen molar-refractivity contribution in [1.29, 1.82) is 0 Å². The molecule has 0 aliphatic heterocycles. The van der Waals surface area contributed by atoms with Gasteiger partial charge in [-0.05, 0) is 75.2 Å². The molecule has 1 heterocycles. The predicted octanol–water partition coefficient (Wildman–Crippen LogP) is 5.51. The molecule has 0 spiro atoms. The maximum atomic E-state index is 12.8. The van der Waals surface area contributed by atoms with E-state index in [-0.39, 0.29) is 5.91 Å². The molecule has 1 aromatic heterocycles. The van der Waals surface area contributed by atoms with E-state index in [1.807, 2.05) is 42.5 Å². The second kappa shape index (κ2) is 11.5. The largest absolute Gasteiger partial charge is 0.493 e. The highest BCUT2D eigenvalue weighted by Crippen LogP contribution is 2.30. The van der Waals surface area contributed by atoms with Crippen molar-refractivity contribution in [2.75, 3.05) is 25.6 Å². The zero-order chi connectivity index (χ0) is 23.8. The average molecular weight is 448 g/mol. The topological polar surface area (TPSA) is 63.7 Å². The molecule has 0 aliphatic carbocycles. The summed E-state index contributed by atoms with van der Waals surface area (Å²) in [7, 11) is 1.61. The molecule has 0 unspecified atom stereocenters. The van der Waals surface area contributed by atoms with Crippen LogP contribution in [0.3, 0.4) is 0 Å². The number of nitrogens with one attached hydrogen (secondary N) is 1. The Morgan fingerprint density at radius 1 is 0.909 bits per heavy atom. The number of aromatic nitrogens is 1. The van der Waals surface area contributed by atoms with Crippen LogP contribution in [-0.2, 0) is 0 Å².